The zero-order chi connectivity index (χ0) is 28.5. The maximum atomic E-state index is 11.2. The average Bonchev–Trinajstić information content (AvgIpc) is 2.85. The first-order valence-corrected chi connectivity index (χ1v) is 19.3. The molecule has 0 spiro atoms. The molecule has 4 nitrogen and oxygen atoms in total. The minimum absolute atomic E-state index is 0.290. The molecule has 0 N–H and O–H groups in total. The Kier molecular flexibility index (Phi) is 15.8. The van der Waals surface area contributed by atoms with E-state index in [4.69, 9.17) is 6.42 Å². The van der Waals surface area contributed by atoms with Crippen LogP contribution in [0, 0.1) is 50.7 Å². The molecule has 0 atom stereocenters. The Bertz CT molecular complexity index is 1260. The van der Waals surface area contributed by atoms with Crippen LogP contribution in [0.25, 0.3) is 0 Å². The van der Waals surface area contributed by atoms with Crippen LogP contribution in [0.15, 0.2) is 48.5 Å². The van der Waals surface area contributed by atoms with Gasteiger partial charge >= 0.3 is 11.9 Å². The molecule has 0 aromatic heterocycles. The van der Waals surface area contributed by atoms with Gasteiger partial charge in [0.1, 0.15) is 16.1 Å². The van der Waals surface area contributed by atoms with Crippen LogP contribution in [0.5, 0.6) is 0 Å². The average molecular weight is 641 g/mol. The maximum Gasteiger partial charge on any atom is 0.337 e. The van der Waals surface area contributed by atoms with Gasteiger partial charge < -0.3 is 9.47 Å². The summed E-state index contributed by atoms with van der Waals surface area (Å²) in [5.74, 6) is 13.0. The van der Waals surface area contributed by atoms with Gasteiger partial charge in [-0.05, 0) is 94.8 Å². The third kappa shape index (κ3) is 17.8. The Labute approximate surface area is 238 Å². The number of halogens is 1. The molecule has 0 radical (unpaired) electrons. The lowest BCUT2D eigenvalue weighted by Gasteiger charge is -2.01. The molecule has 0 amide bonds. The molecule has 7 heteroatoms. The number of ether oxygens (including phenoxy) is 2. The van der Waals surface area contributed by atoms with E-state index in [-0.39, 0.29) is 11.9 Å². The summed E-state index contributed by atoms with van der Waals surface area (Å²) < 4.78 is 10.3. The highest BCUT2D eigenvalue weighted by atomic mass is 127. The zero-order valence-electron chi connectivity index (χ0n) is 22.7. The third-order valence-corrected chi connectivity index (χ3v) is 6.26. The summed E-state index contributed by atoms with van der Waals surface area (Å²) in [6.07, 6.45) is 4.93. The topological polar surface area (TPSA) is 52.6 Å². The van der Waals surface area contributed by atoms with Crippen molar-refractivity contribution in [1.29, 1.82) is 0 Å². The molecule has 192 valence electrons. The van der Waals surface area contributed by atoms with Crippen molar-refractivity contribution < 1.29 is 19.1 Å². The maximum absolute atomic E-state index is 11.2. The highest BCUT2D eigenvalue weighted by molar-refractivity contribution is 14.1. The lowest BCUT2D eigenvalue weighted by atomic mass is 10.1. The van der Waals surface area contributed by atoms with Crippen LogP contribution in [0.1, 0.15) is 26.3 Å². The lowest BCUT2D eigenvalue weighted by Crippen LogP contribution is -2.16. The molecular formula is C30H33IO4Si2. The number of hydrogen-bond donors (Lipinski definition) is 0. The molecule has 2 aromatic rings. The first-order chi connectivity index (χ1) is 17.2. The summed E-state index contributed by atoms with van der Waals surface area (Å²) >= 11 is 2.18. The number of terminal acetylenes is 1. The first-order valence-electron chi connectivity index (χ1n) is 11.3. The normalized spacial score (nSPS) is 9.30. The molecule has 0 bridgehead atoms. The number of benzene rings is 2. The number of carbonyl (C=O) groups excluding carboxylic acids is 2. The van der Waals surface area contributed by atoms with Crippen LogP contribution >= 0.6 is 22.6 Å². The number of methoxy groups -OCH3 is 2. The van der Waals surface area contributed by atoms with Gasteiger partial charge in [0, 0.05) is 9.13 Å². The van der Waals surface area contributed by atoms with Crippen LogP contribution in [0.4, 0.5) is 0 Å². The second kappa shape index (κ2) is 17.3. The van der Waals surface area contributed by atoms with Gasteiger partial charge in [-0.25, -0.2) is 9.59 Å². The molecule has 2 aromatic carbocycles. The molecule has 2 rings (SSSR count). The van der Waals surface area contributed by atoms with Gasteiger partial charge in [0.2, 0.25) is 0 Å². The molecule has 0 aliphatic rings. The molecule has 0 unspecified atom stereocenters. The van der Waals surface area contributed by atoms with Gasteiger partial charge in [0.05, 0.1) is 25.3 Å². The van der Waals surface area contributed by atoms with Gasteiger partial charge in [-0.1, -0.05) is 45.2 Å². The fourth-order valence-electron chi connectivity index (χ4n) is 2.06. The molecule has 0 aliphatic carbocycles. The fourth-order valence-corrected chi connectivity index (χ4v) is 3.30. The first kappa shape index (κ1) is 33.8. The number of esters is 2. The Morgan fingerprint density at radius 1 is 0.703 bits per heavy atom. The number of hydrogen-bond acceptors (Lipinski definition) is 4. The van der Waals surface area contributed by atoms with Crippen LogP contribution in [0.2, 0.25) is 39.3 Å². The van der Waals surface area contributed by atoms with Gasteiger partial charge in [0.15, 0.2) is 0 Å². The van der Waals surface area contributed by atoms with Gasteiger partial charge in [-0.15, -0.1) is 17.5 Å². The summed E-state index contributed by atoms with van der Waals surface area (Å²) in [6, 6.07) is 14.2. The van der Waals surface area contributed by atoms with Crippen molar-refractivity contribution in [1.82, 2.24) is 0 Å². The minimum atomic E-state index is -1.35. The van der Waals surface area contributed by atoms with Crippen molar-refractivity contribution in [3.63, 3.8) is 0 Å². The smallest absolute Gasteiger partial charge is 0.337 e. The van der Waals surface area contributed by atoms with E-state index in [2.05, 4.69) is 112 Å². The lowest BCUT2D eigenvalue weighted by molar-refractivity contribution is 0.0592. The van der Waals surface area contributed by atoms with E-state index < -0.39 is 16.1 Å². The van der Waals surface area contributed by atoms with Crippen molar-refractivity contribution in [2.24, 2.45) is 0 Å². The summed E-state index contributed by atoms with van der Waals surface area (Å²) in [5.41, 5.74) is 8.15. The third-order valence-electron chi connectivity index (χ3n) is 3.79. The predicted molar refractivity (Wildman–Crippen MR) is 166 cm³/mol. The molecule has 0 fully saturated rings. The van der Waals surface area contributed by atoms with E-state index in [0.717, 1.165) is 9.13 Å². The van der Waals surface area contributed by atoms with Crippen molar-refractivity contribution in [2.45, 2.75) is 39.3 Å². The quantitative estimate of drug-likeness (QED) is 0.168. The van der Waals surface area contributed by atoms with Crippen molar-refractivity contribution in [2.75, 3.05) is 14.2 Å². The second-order valence-electron chi connectivity index (χ2n) is 9.46. The van der Waals surface area contributed by atoms with E-state index in [1.165, 1.54) is 14.2 Å². The van der Waals surface area contributed by atoms with Gasteiger partial charge in [-0.3, -0.25) is 0 Å². The molecule has 37 heavy (non-hydrogen) atoms. The van der Waals surface area contributed by atoms with Crippen LogP contribution < -0.4 is 0 Å². The Balaban J connectivity index is 0.000000580. The van der Waals surface area contributed by atoms with E-state index in [9.17, 15) is 9.59 Å². The van der Waals surface area contributed by atoms with E-state index in [0.29, 0.717) is 11.1 Å². The van der Waals surface area contributed by atoms with Crippen LogP contribution in [-0.4, -0.2) is 42.3 Å². The molecule has 0 saturated carbocycles. The molecular weight excluding hydrogens is 607 g/mol. The molecule has 0 saturated heterocycles. The highest BCUT2D eigenvalue weighted by Gasteiger charge is 2.07. The Hall–Kier alpha value is -3.22. The zero-order valence-corrected chi connectivity index (χ0v) is 26.9. The highest BCUT2D eigenvalue weighted by Crippen LogP contribution is 2.07. The van der Waals surface area contributed by atoms with Crippen LogP contribution in [-0.2, 0) is 9.47 Å². The fraction of sp³-hybridized carbons (Fsp3) is 0.267. The van der Waals surface area contributed by atoms with Crippen molar-refractivity contribution in [3.05, 3.63) is 68.8 Å². The van der Waals surface area contributed by atoms with Crippen LogP contribution in [0.3, 0.4) is 0 Å². The summed E-state index contributed by atoms with van der Waals surface area (Å²) in [5, 5.41) is 0. The molecule has 0 heterocycles. The summed E-state index contributed by atoms with van der Waals surface area (Å²) in [4.78, 5) is 22.1. The number of rotatable bonds is 2. The monoisotopic (exact) mass is 640 g/mol. The van der Waals surface area contributed by atoms with E-state index in [1.54, 1.807) is 36.4 Å². The largest absolute Gasteiger partial charge is 0.465 e. The number of carbonyl (C=O) groups is 2. The standard InChI is InChI=1S/C15H16O2Si.C8H7IO2.C7H10Si/c1-17-15(16)14-10-8-13(9-11-14)7-5-6-12-18(2,3)4;1-11-8(10)6-2-4-7(9)5-3-6;1-5-6-7-8(2,3)4/h8-11H,1-4H3;2-5H,1H3;1H,2-4H3. The summed E-state index contributed by atoms with van der Waals surface area (Å²) in [7, 11) is 0.208. The minimum Gasteiger partial charge on any atom is -0.465 e. The Morgan fingerprint density at radius 2 is 1.11 bits per heavy atom. The van der Waals surface area contributed by atoms with E-state index in [1.807, 2.05) is 12.1 Å². The Morgan fingerprint density at radius 3 is 1.46 bits per heavy atom. The van der Waals surface area contributed by atoms with Gasteiger partial charge in [0.25, 0.3) is 0 Å². The second-order valence-corrected chi connectivity index (χ2v) is 20.2. The van der Waals surface area contributed by atoms with Crippen molar-refractivity contribution >= 4 is 50.7 Å². The SMILES string of the molecule is C#CC#C[Si](C)(C)C.COC(=O)c1ccc(C#CC#C[Si](C)(C)C)cc1.COC(=O)c1ccc(I)cc1. The summed E-state index contributed by atoms with van der Waals surface area (Å²) in [6.45, 7) is 13.0. The molecule has 0 aliphatic heterocycles. The predicted octanol–water partition coefficient (Wildman–Crippen LogP) is 6.28. The van der Waals surface area contributed by atoms with Gasteiger partial charge in [-0.2, -0.15) is 0 Å². The van der Waals surface area contributed by atoms with Crippen molar-refractivity contribution in [3.8, 4) is 47.1 Å². The van der Waals surface area contributed by atoms with E-state index >= 15 is 0 Å².